The first-order chi connectivity index (χ1) is 18.3. The molecule has 2 aromatic carbocycles. The molecule has 5 N–H and O–H groups in total. The second-order valence-electron chi connectivity index (χ2n) is 8.06. The number of carbonyl (C=O) groups excluding carboxylic acids is 3. The number of nitrogens with zero attached hydrogens (tertiary/aromatic N) is 1. The number of hydrazone groups is 1. The number of ether oxygens (including phenoxy) is 1. The summed E-state index contributed by atoms with van der Waals surface area (Å²) in [6, 6.07) is 17.1. The van der Waals surface area contributed by atoms with Crippen LogP contribution in [0, 0.1) is 0 Å². The van der Waals surface area contributed by atoms with Gasteiger partial charge in [-0.3, -0.25) is 14.4 Å². The first kappa shape index (κ1) is 26.6. The number of hydrogen-bond donors (Lipinski definition) is 4. The van der Waals surface area contributed by atoms with Crippen LogP contribution in [0.25, 0.3) is 10.4 Å². The molecule has 0 fully saturated rings. The molecule has 4 rings (SSSR count). The largest absolute Gasteiger partial charge is 0.506 e. The number of rotatable bonds is 9. The fourth-order valence-electron chi connectivity index (χ4n) is 3.56. The van der Waals surface area contributed by atoms with Crippen LogP contribution >= 0.6 is 22.7 Å². The van der Waals surface area contributed by atoms with Crippen molar-refractivity contribution >= 4 is 46.1 Å². The van der Waals surface area contributed by atoms with Crippen molar-refractivity contribution in [1.29, 1.82) is 0 Å². The molecule has 11 heteroatoms. The van der Waals surface area contributed by atoms with E-state index in [2.05, 4.69) is 15.8 Å². The van der Waals surface area contributed by atoms with Crippen molar-refractivity contribution in [3.8, 4) is 21.9 Å². The molecule has 0 saturated heterocycles. The molecule has 0 atom stereocenters. The lowest BCUT2D eigenvalue weighted by Crippen LogP contribution is -2.24. The van der Waals surface area contributed by atoms with Crippen molar-refractivity contribution in [3.63, 3.8) is 0 Å². The topological polar surface area (TPSA) is 143 Å². The summed E-state index contributed by atoms with van der Waals surface area (Å²) < 4.78 is 5.17. The molecular formula is C27H24N4O5S2. The van der Waals surface area contributed by atoms with Gasteiger partial charge in [-0.25, -0.2) is 5.43 Å². The van der Waals surface area contributed by atoms with Crippen molar-refractivity contribution in [3.05, 3.63) is 92.5 Å². The summed E-state index contributed by atoms with van der Waals surface area (Å²) in [6.07, 6.45) is 0. The normalized spacial score (nSPS) is 11.2. The summed E-state index contributed by atoms with van der Waals surface area (Å²) in [5.74, 6) is -0.662. The lowest BCUT2D eigenvalue weighted by molar-refractivity contribution is 0.0948. The zero-order chi connectivity index (χ0) is 27.2. The third kappa shape index (κ3) is 5.90. The van der Waals surface area contributed by atoms with Gasteiger partial charge in [-0.15, -0.1) is 22.7 Å². The molecule has 0 aliphatic heterocycles. The van der Waals surface area contributed by atoms with Crippen LogP contribution in [0.5, 0.6) is 11.5 Å². The van der Waals surface area contributed by atoms with E-state index in [-0.39, 0.29) is 23.1 Å². The van der Waals surface area contributed by atoms with Crippen LogP contribution in [-0.4, -0.2) is 35.6 Å². The first-order valence-electron chi connectivity index (χ1n) is 11.3. The van der Waals surface area contributed by atoms with Gasteiger partial charge in [-0.05, 0) is 60.5 Å². The van der Waals surface area contributed by atoms with Gasteiger partial charge < -0.3 is 20.9 Å². The number of primary amides is 1. The Morgan fingerprint density at radius 1 is 0.974 bits per heavy atom. The van der Waals surface area contributed by atoms with E-state index < -0.39 is 11.8 Å². The van der Waals surface area contributed by atoms with Gasteiger partial charge in [0.05, 0.1) is 33.0 Å². The van der Waals surface area contributed by atoms with Crippen LogP contribution in [-0.2, 0) is 6.54 Å². The van der Waals surface area contributed by atoms with Crippen LogP contribution in [0.3, 0.4) is 0 Å². The Hall–Kier alpha value is -4.48. The van der Waals surface area contributed by atoms with E-state index in [0.29, 0.717) is 37.9 Å². The molecule has 0 spiro atoms. The summed E-state index contributed by atoms with van der Waals surface area (Å²) in [6.45, 7) is 1.79. The number of nitrogens with two attached hydrogens (primary N) is 1. The molecule has 2 aromatic heterocycles. The molecule has 2 heterocycles. The minimum atomic E-state index is -0.575. The molecule has 0 radical (unpaired) electrons. The Morgan fingerprint density at radius 2 is 1.66 bits per heavy atom. The number of aromatic hydroxyl groups is 1. The second-order valence-corrected chi connectivity index (χ2v) is 10.0. The lowest BCUT2D eigenvalue weighted by Gasteiger charge is -2.07. The lowest BCUT2D eigenvalue weighted by atomic mass is 10.1. The number of benzene rings is 2. The Balaban J connectivity index is 1.39. The van der Waals surface area contributed by atoms with Crippen molar-refractivity contribution in [2.45, 2.75) is 13.5 Å². The zero-order valence-electron chi connectivity index (χ0n) is 20.5. The highest BCUT2D eigenvalue weighted by molar-refractivity contribution is 7.16. The maximum atomic E-state index is 12.6. The van der Waals surface area contributed by atoms with Crippen molar-refractivity contribution in [2.24, 2.45) is 10.8 Å². The van der Waals surface area contributed by atoms with E-state index in [1.807, 2.05) is 24.3 Å². The molecule has 9 nitrogen and oxygen atoms in total. The van der Waals surface area contributed by atoms with Gasteiger partial charge >= 0.3 is 0 Å². The van der Waals surface area contributed by atoms with Crippen molar-refractivity contribution in [2.75, 3.05) is 7.11 Å². The summed E-state index contributed by atoms with van der Waals surface area (Å²) in [4.78, 5) is 38.0. The molecule has 38 heavy (non-hydrogen) atoms. The summed E-state index contributed by atoms with van der Waals surface area (Å²) in [5, 5.41) is 19.4. The third-order valence-corrected chi connectivity index (χ3v) is 7.71. The SMILES string of the molecule is COc1ccc(-c2scc(C(C)=NNC(=O)c3ccc(C(=O)NCc4ccccc4C(N)=O)s3)c2O)cc1. The highest BCUT2D eigenvalue weighted by Crippen LogP contribution is 2.39. The molecular weight excluding hydrogens is 524 g/mol. The van der Waals surface area contributed by atoms with Gasteiger partial charge in [0, 0.05) is 17.5 Å². The Kier molecular flexibility index (Phi) is 8.19. The number of hydrogen-bond acceptors (Lipinski definition) is 8. The quantitative estimate of drug-likeness (QED) is 0.181. The predicted molar refractivity (Wildman–Crippen MR) is 148 cm³/mol. The zero-order valence-corrected chi connectivity index (χ0v) is 22.1. The standard InChI is InChI=1S/C27H24N4O5S2/c1-15(20-14-37-24(23(20)32)16-7-9-18(36-2)10-8-16)30-31-27(35)22-12-11-21(38-22)26(34)29-13-17-5-3-4-6-19(17)25(28)33/h3-12,14,32H,13H2,1-2H3,(H2,28,33)(H,29,34)(H,31,35). The second kappa shape index (κ2) is 11.7. The number of amides is 3. The van der Waals surface area contributed by atoms with E-state index in [1.54, 1.807) is 43.7 Å². The van der Waals surface area contributed by atoms with Crippen molar-refractivity contribution < 1.29 is 24.2 Å². The molecule has 0 bridgehead atoms. The summed E-state index contributed by atoms with van der Waals surface area (Å²) in [5.41, 5.74) is 10.5. The van der Waals surface area contributed by atoms with E-state index >= 15 is 0 Å². The number of methoxy groups -OCH3 is 1. The smallest absolute Gasteiger partial charge is 0.281 e. The van der Waals surface area contributed by atoms with Crippen LogP contribution < -0.4 is 21.2 Å². The van der Waals surface area contributed by atoms with Gasteiger partial charge in [0.15, 0.2) is 0 Å². The van der Waals surface area contributed by atoms with E-state index in [4.69, 9.17) is 10.5 Å². The fourth-order valence-corrected chi connectivity index (χ4v) is 5.39. The van der Waals surface area contributed by atoms with E-state index in [0.717, 1.165) is 16.9 Å². The summed E-state index contributed by atoms with van der Waals surface area (Å²) in [7, 11) is 1.59. The molecule has 0 aliphatic carbocycles. The van der Waals surface area contributed by atoms with Crippen LogP contribution in [0.1, 0.15) is 47.8 Å². The van der Waals surface area contributed by atoms with Gasteiger partial charge in [0.2, 0.25) is 5.91 Å². The van der Waals surface area contributed by atoms with E-state index in [9.17, 15) is 19.5 Å². The molecule has 4 aromatic rings. The minimum Gasteiger partial charge on any atom is -0.506 e. The summed E-state index contributed by atoms with van der Waals surface area (Å²) >= 11 is 2.37. The molecule has 194 valence electrons. The van der Waals surface area contributed by atoms with Crippen LogP contribution in [0.15, 0.2) is 71.1 Å². The average Bonchev–Trinajstić information content (AvgIpc) is 3.58. The average molecular weight is 549 g/mol. The maximum absolute atomic E-state index is 12.6. The highest BCUT2D eigenvalue weighted by atomic mass is 32.1. The number of thiophene rings is 2. The third-order valence-electron chi connectivity index (χ3n) is 5.61. The van der Waals surface area contributed by atoms with Gasteiger partial charge in [-0.2, -0.15) is 5.10 Å². The number of carbonyl (C=O) groups is 3. The van der Waals surface area contributed by atoms with Crippen LogP contribution in [0.4, 0.5) is 0 Å². The highest BCUT2D eigenvalue weighted by Gasteiger charge is 2.17. The van der Waals surface area contributed by atoms with Crippen LogP contribution in [0.2, 0.25) is 0 Å². The minimum absolute atomic E-state index is 0.0728. The first-order valence-corrected chi connectivity index (χ1v) is 13.0. The van der Waals surface area contributed by atoms with E-state index in [1.165, 1.54) is 23.5 Å². The Bertz CT molecular complexity index is 1520. The van der Waals surface area contributed by atoms with Gasteiger partial charge in [0.25, 0.3) is 11.8 Å². The van der Waals surface area contributed by atoms with Gasteiger partial charge in [0.1, 0.15) is 11.5 Å². The Labute approximate surface area is 226 Å². The van der Waals surface area contributed by atoms with Gasteiger partial charge in [-0.1, -0.05) is 18.2 Å². The predicted octanol–water partition coefficient (Wildman–Crippen LogP) is 4.37. The molecule has 3 amide bonds. The molecule has 0 unspecified atom stereocenters. The number of nitrogens with one attached hydrogen (secondary N) is 2. The maximum Gasteiger partial charge on any atom is 0.281 e. The Morgan fingerprint density at radius 3 is 2.34 bits per heavy atom. The van der Waals surface area contributed by atoms with Crippen molar-refractivity contribution in [1.82, 2.24) is 10.7 Å². The fraction of sp³-hybridized carbons (Fsp3) is 0.111. The monoisotopic (exact) mass is 548 g/mol. The molecule has 0 aliphatic rings. The molecule has 0 saturated carbocycles.